The molecule has 0 unspecified atom stereocenters. The first-order valence-electron chi connectivity index (χ1n) is 7.53. The van der Waals surface area contributed by atoms with E-state index in [4.69, 9.17) is 0 Å². The van der Waals surface area contributed by atoms with Crippen molar-refractivity contribution in [1.82, 2.24) is 0 Å². The van der Waals surface area contributed by atoms with Gasteiger partial charge in [-0.3, -0.25) is 4.79 Å². The van der Waals surface area contributed by atoms with Crippen LogP contribution in [-0.2, 0) is 0 Å². The highest BCUT2D eigenvalue weighted by molar-refractivity contribution is 5.98. The van der Waals surface area contributed by atoms with Gasteiger partial charge in [-0.15, -0.1) is 0 Å². The number of rotatable bonds is 4. The van der Waals surface area contributed by atoms with Crippen LogP contribution in [0.1, 0.15) is 61.4 Å². The Balaban J connectivity index is 2.12. The summed E-state index contributed by atoms with van der Waals surface area (Å²) in [5.74, 6) is -1.30. The first-order chi connectivity index (χ1) is 9.54. The average Bonchev–Trinajstić information content (AvgIpc) is 2.44. The normalized spacial score (nSPS) is 22.8. The van der Waals surface area contributed by atoms with Crippen molar-refractivity contribution < 1.29 is 13.6 Å². The van der Waals surface area contributed by atoms with E-state index in [2.05, 4.69) is 6.92 Å². The van der Waals surface area contributed by atoms with Crippen molar-refractivity contribution in [3.8, 4) is 0 Å². The fourth-order valence-corrected chi connectivity index (χ4v) is 3.21. The molecule has 2 rings (SSSR count). The quantitative estimate of drug-likeness (QED) is 0.704. The van der Waals surface area contributed by atoms with Gasteiger partial charge in [-0.05, 0) is 50.2 Å². The van der Waals surface area contributed by atoms with Crippen molar-refractivity contribution >= 4 is 5.78 Å². The molecule has 1 fully saturated rings. The maximum absolute atomic E-state index is 14.0. The molecule has 1 aliphatic carbocycles. The van der Waals surface area contributed by atoms with Gasteiger partial charge in [-0.1, -0.05) is 25.8 Å². The molecular formula is C17H22F2O. The Morgan fingerprint density at radius 1 is 1.20 bits per heavy atom. The van der Waals surface area contributed by atoms with Crippen LogP contribution in [0.3, 0.4) is 0 Å². The summed E-state index contributed by atoms with van der Waals surface area (Å²) < 4.78 is 27.8. The van der Waals surface area contributed by atoms with Crippen LogP contribution < -0.4 is 0 Å². The molecule has 0 atom stereocenters. The maximum Gasteiger partial charge on any atom is 0.171 e. The molecule has 0 radical (unpaired) electrons. The van der Waals surface area contributed by atoms with Crippen LogP contribution in [-0.4, -0.2) is 5.78 Å². The minimum absolute atomic E-state index is 0.214. The molecule has 0 aromatic heterocycles. The molecule has 1 aromatic carbocycles. The van der Waals surface area contributed by atoms with Crippen LogP contribution in [0, 0.1) is 30.4 Å². The zero-order valence-corrected chi connectivity index (χ0v) is 12.2. The lowest BCUT2D eigenvalue weighted by Crippen LogP contribution is -2.24. The summed E-state index contributed by atoms with van der Waals surface area (Å²) in [6.07, 6.45) is 5.86. The van der Waals surface area contributed by atoms with Crippen LogP contribution in [0.4, 0.5) is 8.78 Å². The zero-order valence-electron chi connectivity index (χ0n) is 12.2. The molecule has 0 heterocycles. The zero-order chi connectivity index (χ0) is 14.7. The van der Waals surface area contributed by atoms with Gasteiger partial charge in [0.2, 0.25) is 0 Å². The Kier molecular flexibility index (Phi) is 4.90. The first kappa shape index (κ1) is 15.1. The van der Waals surface area contributed by atoms with Crippen LogP contribution in [0.25, 0.3) is 0 Å². The van der Waals surface area contributed by atoms with Gasteiger partial charge < -0.3 is 0 Å². The summed E-state index contributed by atoms with van der Waals surface area (Å²) in [7, 11) is 0. The molecular weight excluding hydrogens is 258 g/mol. The van der Waals surface area contributed by atoms with Gasteiger partial charge >= 0.3 is 0 Å². The highest BCUT2D eigenvalue weighted by atomic mass is 19.1. The van der Waals surface area contributed by atoms with E-state index in [0.29, 0.717) is 11.5 Å². The first-order valence-corrected chi connectivity index (χ1v) is 7.53. The van der Waals surface area contributed by atoms with Gasteiger partial charge in [0.25, 0.3) is 0 Å². The van der Waals surface area contributed by atoms with Crippen molar-refractivity contribution in [2.45, 2.75) is 52.4 Å². The van der Waals surface area contributed by atoms with Crippen LogP contribution in [0.2, 0.25) is 0 Å². The van der Waals surface area contributed by atoms with Gasteiger partial charge in [-0.2, -0.15) is 0 Å². The second-order valence-corrected chi connectivity index (χ2v) is 5.92. The fraction of sp³-hybridized carbons (Fsp3) is 0.588. The van der Waals surface area contributed by atoms with Gasteiger partial charge in [0, 0.05) is 5.92 Å². The summed E-state index contributed by atoms with van der Waals surface area (Å²) >= 11 is 0. The number of halogens is 2. The van der Waals surface area contributed by atoms with Crippen molar-refractivity contribution in [3.63, 3.8) is 0 Å². The third-order valence-corrected chi connectivity index (χ3v) is 4.45. The second kappa shape index (κ2) is 6.47. The molecule has 3 heteroatoms. The van der Waals surface area contributed by atoms with E-state index in [1.54, 1.807) is 6.92 Å². The van der Waals surface area contributed by atoms with E-state index in [0.717, 1.165) is 32.1 Å². The molecule has 0 N–H and O–H groups in total. The van der Waals surface area contributed by atoms with Gasteiger partial charge in [0.05, 0.1) is 5.56 Å². The van der Waals surface area contributed by atoms with E-state index >= 15 is 0 Å². The number of carbonyl (C=O) groups is 1. The van der Waals surface area contributed by atoms with E-state index in [1.807, 2.05) is 0 Å². The Labute approximate surface area is 119 Å². The Morgan fingerprint density at radius 2 is 1.85 bits per heavy atom. The van der Waals surface area contributed by atoms with E-state index in [-0.39, 0.29) is 17.3 Å². The lowest BCUT2D eigenvalue weighted by atomic mass is 9.77. The van der Waals surface area contributed by atoms with Crippen molar-refractivity contribution in [2.24, 2.45) is 11.8 Å². The molecule has 0 aliphatic heterocycles. The third kappa shape index (κ3) is 3.08. The lowest BCUT2D eigenvalue weighted by Gasteiger charge is -2.27. The highest BCUT2D eigenvalue weighted by Gasteiger charge is 2.30. The Bertz CT molecular complexity index is 488. The predicted octanol–water partition coefficient (Wildman–Crippen LogP) is 5.06. The predicted molar refractivity (Wildman–Crippen MR) is 75.8 cm³/mol. The van der Waals surface area contributed by atoms with Gasteiger partial charge in [-0.25, -0.2) is 8.78 Å². The summed E-state index contributed by atoms with van der Waals surface area (Å²) in [5, 5.41) is 0. The molecule has 0 saturated heterocycles. The topological polar surface area (TPSA) is 17.1 Å². The number of ketones is 1. The van der Waals surface area contributed by atoms with Gasteiger partial charge in [0.1, 0.15) is 11.6 Å². The average molecular weight is 280 g/mol. The van der Waals surface area contributed by atoms with E-state index in [1.165, 1.54) is 18.6 Å². The smallest absolute Gasteiger partial charge is 0.171 e. The third-order valence-electron chi connectivity index (χ3n) is 4.45. The fourth-order valence-electron chi connectivity index (χ4n) is 3.21. The summed E-state index contributed by atoms with van der Waals surface area (Å²) in [5.41, 5.74) is -0.00152. The minimum Gasteiger partial charge on any atom is -0.294 e. The van der Waals surface area contributed by atoms with E-state index < -0.39 is 11.6 Å². The Morgan fingerprint density at radius 3 is 2.45 bits per heavy atom. The molecule has 0 amide bonds. The molecule has 20 heavy (non-hydrogen) atoms. The van der Waals surface area contributed by atoms with Crippen molar-refractivity contribution in [3.05, 3.63) is 34.9 Å². The van der Waals surface area contributed by atoms with E-state index in [9.17, 15) is 13.6 Å². The number of hydrogen-bond donors (Lipinski definition) is 0. The lowest BCUT2D eigenvalue weighted by molar-refractivity contribution is 0.0860. The van der Waals surface area contributed by atoms with Crippen LogP contribution in [0.5, 0.6) is 0 Å². The highest BCUT2D eigenvalue weighted by Crippen LogP contribution is 2.34. The largest absolute Gasteiger partial charge is 0.294 e. The van der Waals surface area contributed by atoms with Crippen molar-refractivity contribution in [2.75, 3.05) is 0 Å². The maximum atomic E-state index is 14.0. The molecule has 1 aromatic rings. The molecule has 0 spiro atoms. The molecule has 0 bridgehead atoms. The Hall–Kier alpha value is -1.25. The standard InChI is InChI=1S/C17H22F2O/c1-3-4-12-6-8-13(9-7-12)17(20)15-14(18)10-5-11(2)16(15)19/h5,10,12-13H,3-4,6-9H2,1-2H3. The SMILES string of the molecule is CCCC1CCC(C(=O)c2c(F)ccc(C)c2F)CC1. The number of carbonyl (C=O) groups excluding carboxylic acids is 1. The number of benzene rings is 1. The van der Waals surface area contributed by atoms with Gasteiger partial charge in [0.15, 0.2) is 5.78 Å². The minimum atomic E-state index is -0.728. The van der Waals surface area contributed by atoms with Crippen LogP contribution >= 0.6 is 0 Å². The van der Waals surface area contributed by atoms with Crippen LogP contribution in [0.15, 0.2) is 12.1 Å². The molecule has 1 aliphatic rings. The monoisotopic (exact) mass is 280 g/mol. The molecule has 1 nitrogen and oxygen atoms in total. The molecule has 1 saturated carbocycles. The number of aryl methyl sites for hydroxylation is 1. The van der Waals surface area contributed by atoms with Crippen molar-refractivity contribution in [1.29, 1.82) is 0 Å². The molecule has 110 valence electrons. The summed E-state index contributed by atoms with van der Waals surface area (Å²) in [6, 6.07) is 2.56. The second-order valence-electron chi connectivity index (χ2n) is 5.92. The number of hydrogen-bond acceptors (Lipinski definition) is 1. The number of Topliss-reactive ketones (excluding diaryl/α,β-unsaturated/α-hetero) is 1. The summed E-state index contributed by atoms with van der Waals surface area (Å²) in [6.45, 7) is 3.72. The summed E-state index contributed by atoms with van der Waals surface area (Å²) in [4.78, 5) is 12.4.